The third-order valence-corrected chi connectivity index (χ3v) is 7.39. The SMILES string of the molecule is CC1(C)Cc2c(sc3c2c(=O)n(-c2cccc(Cl)c2)c(=O)n3Cc2ccc(Cl)cc2)CO1. The summed E-state index contributed by atoms with van der Waals surface area (Å²) in [4.78, 5) is 29.0. The Bertz CT molecular complexity index is 1470. The standard InChI is InChI=1S/C24H20Cl2N2O3S/c1-24(2)11-18-19(13-31-24)32-22-20(18)21(29)28(17-5-3-4-16(26)10-17)23(30)27(22)12-14-6-8-15(25)9-7-14/h3-10H,11-13H2,1-2H3. The predicted molar refractivity (Wildman–Crippen MR) is 130 cm³/mol. The molecule has 1 aliphatic rings. The summed E-state index contributed by atoms with van der Waals surface area (Å²) in [6.07, 6.45) is 0.603. The van der Waals surface area contributed by atoms with E-state index < -0.39 is 5.69 Å². The minimum Gasteiger partial charge on any atom is -0.370 e. The van der Waals surface area contributed by atoms with Crippen molar-refractivity contribution in [3.05, 3.63) is 95.4 Å². The second kappa shape index (κ2) is 7.89. The molecule has 0 amide bonds. The molecule has 3 heterocycles. The predicted octanol–water partition coefficient (Wildman–Crippen LogP) is 5.42. The van der Waals surface area contributed by atoms with Crippen LogP contribution in [0.3, 0.4) is 0 Å². The van der Waals surface area contributed by atoms with Gasteiger partial charge < -0.3 is 4.74 Å². The van der Waals surface area contributed by atoms with Crippen LogP contribution in [0.5, 0.6) is 0 Å². The van der Waals surface area contributed by atoms with Crippen LogP contribution >= 0.6 is 34.5 Å². The smallest absolute Gasteiger partial charge is 0.337 e. The van der Waals surface area contributed by atoms with Gasteiger partial charge in [-0.05, 0) is 55.3 Å². The summed E-state index contributed by atoms with van der Waals surface area (Å²) in [5.41, 5.74) is 1.22. The van der Waals surface area contributed by atoms with Crippen molar-refractivity contribution in [2.45, 2.75) is 39.0 Å². The van der Waals surface area contributed by atoms with Crippen molar-refractivity contribution in [2.75, 3.05) is 0 Å². The average molecular weight is 487 g/mol. The van der Waals surface area contributed by atoms with Crippen molar-refractivity contribution < 1.29 is 4.74 Å². The zero-order chi connectivity index (χ0) is 22.6. The van der Waals surface area contributed by atoms with Crippen LogP contribution in [0.1, 0.15) is 29.9 Å². The van der Waals surface area contributed by atoms with E-state index in [9.17, 15) is 9.59 Å². The second-order valence-electron chi connectivity index (χ2n) is 8.52. The van der Waals surface area contributed by atoms with Crippen LogP contribution in [0.2, 0.25) is 10.0 Å². The molecule has 164 valence electrons. The molecule has 5 rings (SSSR count). The highest BCUT2D eigenvalue weighted by atomic mass is 35.5. The van der Waals surface area contributed by atoms with Gasteiger partial charge in [-0.3, -0.25) is 9.36 Å². The van der Waals surface area contributed by atoms with Crippen LogP contribution in [0, 0.1) is 0 Å². The van der Waals surface area contributed by atoms with Crippen LogP contribution in [0.25, 0.3) is 15.9 Å². The number of hydrogen-bond acceptors (Lipinski definition) is 4. The molecule has 0 spiro atoms. The molecule has 8 heteroatoms. The average Bonchev–Trinajstić information content (AvgIpc) is 3.10. The van der Waals surface area contributed by atoms with Gasteiger partial charge in [0, 0.05) is 21.3 Å². The van der Waals surface area contributed by atoms with Gasteiger partial charge in [0.1, 0.15) is 4.83 Å². The number of nitrogens with zero attached hydrogens (tertiary/aromatic N) is 2. The molecule has 2 aromatic heterocycles. The fraction of sp³-hybridized carbons (Fsp3) is 0.250. The second-order valence-corrected chi connectivity index (χ2v) is 10.5. The molecule has 1 aliphatic heterocycles. The first-order chi connectivity index (χ1) is 15.2. The van der Waals surface area contributed by atoms with E-state index >= 15 is 0 Å². The molecule has 4 aromatic rings. The molecule has 2 aromatic carbocycles. The maximum atomic E-state index is 13.7. The van der Waals surface area contributed by atoms with Gasteiger partial charge in [-0.1, -0.05) is 41.4 Å². The molecule has 32 heavy (non-hydrogen) atoms. The summed E-state index contributed by atoms with van der Waals surface area (Å²) >= 11 is 13.7. The molecule has 0 bridgehead atoms. The lowest BCUT2D eigenvalue weighted by atomic mass is 9.94. The Morgan fingerprint density at radius 1 is 1.06 bits per heavy atom. The highest BCUT2D eigenvalue weighted by Crippen LogP contribution is 2.37. The summed E-state index contributed by atoms with van der Waals surface area (Å²) in [5.74, 6) is 0. The van der Waals surface area contributed by atoms with Crippen LogP contribution in [0.4, 0.5) is 0 Å². The molecule has 0 saturated carbocycles. The summed E-state index contributed by atoms with van der Waals surface area (Å²) in [7, 11) is 0. The Morgan fingerprint density at radius 3 is 2.53 bits per heavy atom. The number of aromatic nitrogens is 2. The fourth-order valence-corrected chi connectivity index (χ4v) is 5.64. The van der Waals surface area contributed by atoms with E-state index in [2.05, 4.69) is 0 Å². The molecule has 0 aliphatic carbocycles. The number of benzene rings is 2. The fourth-order valence-electron chi connectivity index (χ4n) is 4.11. The summed E-state index contributed by atoms with van der Waals surface area (Å²) in [6.45, 7) is 4.77. The number of halogens is 2. The van der Waals surface area contributed by atoms with E-state index in [4.69, 9.17) is 27.9 Å². The normalized spacial score (nSPS) is 15.1. The molecular formula is C24H20Cl2N2O3S. The van der Waals surface area contributed by atoms with Gasteiger partial charge in [-0.25, -0.2) is 9.36 Å². The van der Waals surface area contributed by atoms with Crippen molar-refractivity contribution >= 4 is 44.8 Å². The molecule has 0 saturated heterocycles. The minimum absolute atomic E-state index is 0.316. The first-order valence-corrected chi connectivity index (χ1v) is 11.8. The Morgan fingerprint density at radius 2 is 1.81 bits per heavy atom. The molecule has 0 atom stereocenters. The summed E-state index contributed by atoms with van der Waals surface area (Å²) in [5, 5.41) is 1.66. The number of thiophene rings is 1. The lowest BCUT2D eigenvalue weighted by Crippen LogP contribution is -2.39. The highest BCUT2D eigenvalue weighted by Gasteiger charge is 2.32. The van der Waals surface area contributed by atoms with Crippen molar-refractivity contribution in [2.24, 2.45) is 0 Å². The monoisotopic (exact) mass is 486 g/mol. The molecule has 0 unspecified atom stereocenters. The van der Waals surface area contributed by atoms with E-state index in [1.165, 1.54) is 15.9 Å². The van der Waals surface area contributed by atoms with Crippen LogP contribution in [-0.4, -0.2) is 14.7 Å². The first-order valence-electron chi connectivity index (χ1n) is 10.2. The number of hydrogen-bond donors (Lipinski definition) is 0. The lowest BCUT2D eigenvalue weighted by Gasteiger charge is -2.29. The van der Waals surface area contributed by atoms with Crippen molar-refractivity contribution in [1.82, 2.24) is 9.13 Å². The Kier molecular flexibility index (Phi) is 5.29. The van der Waals surface area contributed by atoms with Gasteiger partial charge in [0.2, 0.25) is 0 Å². The number of fused-ring (bicyclic) bond motifs is 3. The third-order valence-electron chi connectivity index (χ3n) is 5.67. The zero-order valence-electron chi connectivity index (χ0n) is 17.5. The molecular weight excluding hydrogens is 467 g/mol. The maximum Gasteiger partial charge on any atom is 0.337 e. The first kappa shape index (κ1) is 21.5. The quantitative estimate of drug-likeness (QED) is 0.388. The Hall–Kier alpha value is -2.38. The number of ether oxygens (including phenoxy) is 1. The van der Waals surface area contributed by atoms with Gasteiger partial charge in [0.15, 0.2) is 0 Å². The van der Waals surface area contributed by atoms with Gasteiger partial charge in [-0.15, -0.1) is 11.3 Å². The van der Waals surface area contributed by atoms with E-state index in [0.29, 0.717) is 45.5 Å². The van der Waals surface area contributed by atoms with Crippen molar-refractivity contribution in [3.63, 3.8) is 0 Å². The lowest BCUT2D eigenvalue weighted by molar-refractivity contribution is -0.0379. The van der Waals surface area contributed by atoms with Crippen molar-refractivity contribution in [1.29, 1.82) is 0 Å². The van der Waals surface area contributed by atoms with Crippen LogP contribution in [0.15, 0.2) is 58.1 Å². The van der Waals surface area contributed by atoms with Crippen LogP contribution < -0.4 is 11.2 Å². The minimum atomic E-state index is -0.404. The molecule has 0 fully saturated rings. The van der Waals surface area contributed by atoms with Crippen LogP contribution in [-0.2, 0) is 24.3 Å². The van der Waals surface area contributed by atoms with Crippen molar-refractivity contribution in [3.8, 4) is 5.69 Å². The summed E-state index contributed by atoms with van der Waals surface area (Å²) < 4.78 is 8.86. The largest absolute Gasteiger partial charge is 0.370 e. The Labute approximate surface area is 198 Å². The molecule has 0 radical (unpaired) electrons. The zero-order valence-corrected chi connectivity index (χ0v) is 19.9. The summed E-state index contributed by atoms with van der Waals surface area (Å²) in [6, 6.07) is 14.2. The Balaban J connectivity index is 1.83. The van der Waals surface area contributed by atoms with Gasteiger partial charge in [0.05, 0.1) is 29.8 Å². The van der Waals surface area contributed by atoms with Gasteiger partial charge in [0.25, 0.3) is 5.56 Å². The maximum absolute atomic E-state index is 13.7. The van der Waals surface area contributed by atoms with E-state index in [0.717, 1.165) is 16.0 Å². The highest BCUT2D eigenvalue weighted by molar-refractivity contribution is 7.18. The number of rotatable bonds is 3. The van der Waals surface area contributed by atoms with Gasteiger partial charge >= 0.3 is 5.69 Å². The third kappa shape index (κ3) is 3.71. The topological polar surface area (TPSA) is 53.2 Å². The van der Waals surface area contributed by atoms with E-state index in [1.54, 1.807) is 41.0 Å². The molecule has 0 N–H and O–H groups in total. The van der Waals surface area contributed by atoms with E-state index in [1.807, 2.05) is 26.0 Å². The van der Waals surface area contributed by atoms with Gasteiger partial charge in [-0.2, -0.15) is 0 Å². The molecule has 5 nitrogen and oxygen atoms in total. The van der Waals surface area contributed by atoms with E-state index in [-0.39, 0.29) is 11.2 Å².